The first-order valence-corrected chi connectivity index (χ1v) is 17.2. The summed E-state index contributed by atoms with van der Waals surface area (Å²) in [7, 11) is -2.64. The van der Waals surface area contributed by atoms with Crippen LogP contribution in [0.15, 0.2) is 71.9 Å². The highest BCUT2D eigenvalue weighted by atomic mass is 35.5. The quantitative estimate of drug-likeness (QED) is 0.203. The van der Waals surface area contributed by atoms with Crippen molar-refractivity contribution in [3.8, 4) is 22.3 Å². The van der Waals surface area contributed by atoms with Crippen LogP contribution in [-0.2, 0) is 26.2 Å². The third-order valence-corrected chi connectivity index (χ3v) is 10.2. The van der Waals surface area contributed by atoms with Crippen molar-refractivity contribution in [2.45, 2.75) is 43.9 Å². The number of carbonyl (C=O) groups is 3. The summed E-state index contributed by atoms with van der Waals surface area (Å²) in [4.78, 5) is 49.0. The summed E-state index contributed by atoms with van der Waals surface area (Å²) in [5, 5.41) is 7.39. The molecule has 0 radical (unpaired) electrons. The summed E-state index contributed by atoms with van der Waals surface area (Å²) in [5.41, 5.74) is 1.75. The van der Waals surface area contributed by atoms with Crippen LogP contribution >= 0.6 is 11.6 Å². The first kappa shape index (κ1) is 34.7. The van der Waals surface area contributed by atoms with E-state index in [1.54, 1.807) is 37.5 Å². The smallest absolute Gasteiger partial charge is 0.247 e. The molecule has 3 aromatic carbocycles. The Balaban J connectivity index is 1.25. The van der Waals surface area contributed by atoms with Crippen molar-refractivity contribution in [1.82, 2.24) is 29.4 Å². The number of aromatic nitrogens is 4. The molecular formula is C34H30ClF2N7O5S. The van der Waals surface area contributed by atoms with Gasteiger partial charge in [-0.15, -0.1) is 0 Å². The first-order chi connectivity index (χ1) is 23.8. The van der Waals surface area contributed by atoms with Crippen LogP contribution in [0.5, 0.6) is 0 Å². The van der Waals surface area contributed by atoms with Gasteiger partial charge in [0.05, 0.1) is 22.6 Å². The van der Waals surface area contributed by atoms with Crippen molar-refractivity contribution in [2.75, 3.05) is 18.9 Å². The number of ketones is 1. The van der Waals surface area contributed by atoms with Crippen molar-refractivity contribution in [2.24, 2.45) is 0 Å². The van der Waals surface area contributed by atoms with Gasteiger partial charge in [-0.05, 0) is 55.9 Å². The second-order valence-electron chi connectivity index (χ2n) is 11.7. The minimum absolute atomic E-state index is 0.0637. The van der Waals surface area contributed by atoms with Crippen LogP contribution in [0.3, 0.4) is 0 Å². The average Bonchev–Trinajstić information content (AvgIpc) is 3.66. The van der Waals surface area contributed by atoms with Gasteiger partial charge < -0.3 is 10.2 Å². The molecule has 0 saturated carbocycles. The fourth-order valence-corrected chi connectivity index (χ4v) is 6.83. The van der Waals surface area contributed by atoms with Crippen LogP contribution in [0.1, 0.15) is 29.7 Å². The molecule has 16 heteroatoms. The zero-order valence-corrected chi connectivity index (χ0v) is 28.5. The standard InChI is InChI=1S/C34H30ClF2N7O5S/c1-18(45)33-26-11-20(21-14-39-19(2)40-15-21)7-10-29(26)44(42-33)17-31(46)43-16-22(36)12-30(43)34(47)41-28-6-4-5-24(32(28)37)25-13-23(8-9-27(25)35)50(48,49)38-3/h4-11,13-15,22,30,38H,12,16-17H2,1-3H3,(H,41,47)/t22-,30+/m1/s1. The van der Waals surface area contributed by atoms with Crippen LogP contribution in [0.4, 0.5) is 14.5 Å². The molecule has 2 aromatic heterocycles. The molecule has 0 unspecified atom stereocenters. The highest BCUT2D eigenvalue weighted by Crippen LogP contribution is 2.35. The number of aryl methyl sites for hydroxylation is 1. The molecule has 0 bridgehead atoms. The van der Waals surface area contributed by atoms with E-state index in [1.807, 2.05) is 0 Å². The van der Waals surface area contributed by atoms with Gasteiger partial charge in [0.25, 0.3) is 0 Å². The lowest BCUT2D eigenvalue weighted by atomic mass is 10.0. The summed E-state index contributed by atoms with van der Waals surface area (Å²) < 4.78 is 58.9. The van der Waals surface area contributed by atoms with Crippen molar-refractivity contribution in [3.63, 3.8) is 0 Å². The number of benzene rings is 3. The van der Waals surface area contributed by atoms with Gasteiger partial charge in [0.1, 0.15) is 30.3 Å². The largest absolute Gasteiger partial charge is 0.326 e. The number of fused-ring (bicyclic) bond motifs is 1. The third-order valence-electron chi connectivity index (χ3n) is 8.42. The fourth-order valence-electron chi connectivity index (χ4n) is 5.86. The van der Waals surface area contributed by atoms with E-state index in [9.17, 15) is 27.2 Å². The molecular weight excluding hydrogens is 692 g/mol. The Morgan fingerprint density at radius 2 is 1.76 bits per heavy atom. The predicted octanol–water partition coefficient (Wildman–Crippen LogP) is 4.95. The number of likely N-dealkylation sites (tertiary alicyclic amines) is 1. The van der Waals surface area contributed by atoms with Gasteiger partial charge in [0, 0.05) is 52.8 Å². The van der Waals surface area contributed by atoms with E-state index in [1.165, 1.54) is 55.1 Å². The molecule has 3 heterocycles. The monoisotopic (exact) mass is 721 g/mol. The number of amides is 2. The Hall–Kier alpha value is -5.12. The number of Topliss-reactive ketones (excluding diaryl/α,β-unsaturated/α-hetero) is 1. The lowest BCUT2D eigenvalue weighted by Gasteiger charge is -2.24. The van der Waals surface area contributed by atoms with Crippen molar-refractivity contribution in [1.29, 1.82) is 0 Å². The Bertz CT molecular complexity index is 2280. The normalized spacial score (nSPS) is 16.2. The number of nitrogens with one attached hydrogen (secondary N) is 2. The summed E-state index contributed by atoms with van der Waals surface area (Å²) in [5.74, 6) is -2.10. The SMILES string of the molecule is CNS(=O)(=O)c1ccc(Cl)c(-c2cccc(NC(=O)[C@@H]3C[C@@H](F)CN3C(=O)Cn3nc(C(C)=O)c4cc(-c5cnc(C)nc5)ccc43)c2F)c1. The zero-order chi connectivity index (χ0) is 35.9. The number of nitrogens with zero attached hydrogens (tertiary/aromatic N) is 5. The molecule has 1 fully saturated rings. The topological polar surface area (TPSA) is 156 Å². The van der Waals surface area contributed by atoms with Crippen molar-refractivity contribution in [3.05, 3.63) is 89.3 Å². The van der Waals surface area contributed by atoms with Crippen LogP contribution in [0.25, 0.3) is 33.2 Å². The molecule has 2 N–H and O–H groups in total. The number of anilines is 1. The van der Waals surface area contributed by atoms with Crippen LogP contribution < -0.4 is 10.0 Å². The second-order valence-corrected chi connectivity index (χ2v) is 14.0. The molecule has 1 saturated heterocycles. The number of carbonyl (C=O) groups excluding carboxylic acids is 3. The Kier molecular flexibility index (Phi) is 9.48. The van der Waals surface area contributed by atoms with Gasteiger partial charge in [-0.3, -0.25) is 19.1 Å². The number of alkyl halides is 1. The molecule has 1 aliphatic heterocycles. The minimum Gasteiger partial charge on any atom is -0.326 e. The average molecular weight is 722 g/mol. The van der Waals surface area contributed by atoms with Gasteiger partial charge >= 0.3 is 0 Å². The molecule has 1 aliphatic rings. The number of hydrogen-bond donors (Lipinski definition) is 2. The van der Waals surface area contributed by atoms with Crippen LogP contribution in [-0.4, -0.2) is 76.5 Å². The maximum absolute atomic E-state index is 15.8. The van der Waals surface area contributed by atoms with Gasteiger partial charge in [-0.25, -0.2) is 31.9 Å². The Morgan fingerprint density at radius 1 is 1.02 bits per heavy atom. The van der Waals surface area contributed by atoms with E-state index in [2.05, 4.69) is 25.1 Å². The van der Waals surface area contributed by atoms with Gasteiger partial charge in [-0.2, -0.15) is 5.10 Å². The van der Waals surface area contributed by atoms with Crippen molar-refractivity contribution < 1.29 is 31.6 Å². The molecule has 5 aromatic rings. The van der Waals surface area contributed by atoms with Crippen molar-refractivity contribution >= 4 is 55.8 Å². The first-order valence-electron chi connectivity index (χ1n) is 15.3. The molecule has 6 rings (SSSR count). The second kappa shape index (κ2) is 13.7. The summed E-state index contributed by atoms with van der Waals surface area (Å²) >= 11 is 6.30. The Morgan fingerprint density at radius 3 is 2.46 bits per heavy atom. The van der Waals surface area contributed by atoms with E-state index < -0.39 is 46.4 Å². The van der Waals surface area contributed by atoms with E-state index in [0.717, 1.165) is 16.0 Å². The lowest BCUT2D eigenvalue weighted by molar-refractivity contribution is -0.137. The highest BCUT2D eigenvalue weighted by Gasteiger charge is 2.40. The minimum atomic E-state index is -3.87. The number of halogens is 3. The number of rotatable bonds is 9. The van der Waals surface area contributed by atoms with Crippen LogP contribution in [0.2, 0.25) is 5.02 Å². The van der Waals surface area contributed by atoms with Gasteiger partial charge in [0.15, 0.2) is 11.6 Å². The molecule has 12 nitrogen and oxygen atoms in total. The molecule has 2 atom stereocenters. The van der Waals surface area contributed by atoms with Gasteiger partial charge in [0.2, 0.25) is 21.8 Å². The zero-order valence-electron chi connectivity index (χ0n) is 26.9. The summed E-state index contributed by atoms with van der Waals surface area (Å²) in [6.45, 7) is 2.34. The van der Waals surface area contributed by atoms with E-state index >= 15 is 4.39 Å². The van der Waals surface area contributed by atoms with E-state index in [-0.39, 0.29) is 51.2 Å². The summed E-state index contributed by atoms with van der Waals surface area (Å²) in [6.07, 6.45) is 1.46. The fraction of sp³-hybridized carbons (Fsp3) is 0.235. The maximum atomic E-state index is 15.8. The summed E-state index contributed by atoms with van der Waals surface area (Å²) in [6, 6.07) is 11.8. The van der Waals surface area contributed by atoms with E-state index in [4.69, 9.17) is 11.6 Å². The molecule has 0 aliphatic carbocycles. The number of hydrogen-bond acceptors (Lipinski definition) is 8. The number of sulfonamides is 1. The van der Waals surface area contributed by atoms with Gasteiger partial charge in [-0.1, -0.05) is 29.8 Å². The van der Waals surface area contributed by atoms with Crippen LogP contribution in [0, 0.1) is 12.7 Å². The highest BCUT2D eigenvalue weighted by molar-refractivity contribution is 7.89. The molecule has 50 heavy (non-hydrogen) atoms. The molecule has 258 valence electrons. The third kappa shape index (κ3) is 6.71. The maximum Gasteiger partial charge on any atom is 0.247 e. The Labute approximate surface area is 290 Å². The molecule has 0 spiro atoms. The van der Waals surface area contributed by atoms with E-state index in [0.29, 0.717) is 16.7 Å². The predicted molar refractivity (Wildman–Crippen MR) is 182 cm³/mol. The lowest BCUT2D eigenvalue weighted by Crippen LogP contribution is -2.44. The molecule has 2 amide bonds.